The van der Waals surface area contributed by atoms with Gasteiger partial charge in [0.15, 0.2) is 0 Å². The molecule has 0 spiro atoms. The monoisotopic (exact) mass is 260 g/mol. The van der Waals surface area contributed by atoms with Crippen LogP contribution in [0.25, 0.3) is 0 Å². The number of unbranched alkanes of at least 4 members (excludes halogenated alkanes) is 1. The summed E-state index contributed by atoms with van der Waals surface area (Å²) in [4.78, 5) is 22.9. The molecule has 0 heterocycles. The van der Waals surface area contributed by atoms with Gasteiger partial charge >= 0.3 is 5.97 Å². The number of aliphatic hydroxyl groups excluding tert-OH is 1. The fourth-order valence-electron chi connectivity index (χ4n) is 1.42. The fourth-order valence-corrected chi connectivity index (χ4v) is 1.42. The Hall–Kier alpha value is -1.14. The van der Waals surface area contributed by atoms with Crippen molar-refractivity contribution in [3.63, 3.8) is 0 Å². The number of ether oxygens (including phenoxy) is 1. The highest BCUT2D eigenvalue weighted by molar-refractivity contribution is 5.87. The van der Waals surface area contributed by atoms with E-state index < -0.39 is 30.1 Å². The number of carbonyl (C=O) groups excluding carboxylic acids is 2. The van der Waals surface area contributed by atoms with E-state index in [1.54, 1.807) is 6.92 Å². The Kier molecular flexibility index (Phi) is 8.32. The molecule has 0 saturated heterocycles. The molecule has 18 heavy (non-hydrogen) atoms. The van der Waals surface area contributed by atoms with Crippen LogP contribution < -0.4 is 11.1 Å². The van der Waals surface area contributed by atoms with Crippen molar-refractivity contribution in [1.29, 1.82) is 0 Å². The summed E-state index contributed by atoms with van der Waals surface area (Å²) in [6, 6.07) is -1.40. The summed E-state index contributed by atoms with van der Waals surface area (Å²) in [5.41, 5.74) is 5.69. The summed E-state index contributed by atoms with van der Waals surface area (Å²) in [7, 11) is 0. The van der Waals surface area contributed by atoms with Crippen molar-refractivity contribution in [2.75, 3.05) is 6.61 Å². The lowest BCUT2D eigenvalue weighted by molar-refractivity contribution is -0.148. The van der Waals surface area contributed by atoms with Crippen molar-refractivity contribution in [2.45, 2.75) is 58.2 Å². The first-order chi connectivity index (χ1) is 8.43. The molecule has 4 N–H and O–H groups in total. The van der Waals surface area contributed by atoms with Crippen LogP contribution in [0.3, 0.4) is 0 Å². The van der Waals surface area contributed by atoms with Crippen LogP contribution in [0.15, 0.2) is 0 Å². The molecular weight excluding hydrogens is 236 g/mol. The maximum Gasteiger partial charge on any atom is 0.328 e. The first kappa shape index (κ1) is 16.9. The molecule has 6 nitrogen and oxygen atoms in total. The normalized spacial score (nSPS) is 15.6. The largest absolute Gasteiger partial charge is 0.464 e. The average molecular weight is 260 g/mol. The third-order valence-electron chi connectivity index (χ3n) is 2.56. The first-order valence-corrected chi connectivity index (χ1v) is 6.34. The number of carbonyl (C=O) groups is 2. The Morgan fingerprint density at radius 2 is 2.00 bits per heavy atom. The standard InChI is InChI=1S/C12H24N2O4/c1-4-6-7-9(13)10(15)11(16)14-8(3)12(17)18-5-2/h8-10,15H,4-7,13H2,1-3H3,(H,14,16)/t8-,9+,10?/m0/s1. The van der Waals surface area contributed by atoms with Gasteiger partial charge in [0.05, 0.1) is 6.61 Å². The minimum atomic E-state index is -1.30. The summed E-state index contributed by atoms with van der Waals surface area (Å²) in [6.45, 7) is 5.43. The summed E-state index contributed by atoms with van der Waals surface area (Å²) >= 11 is 0. The Morgan fingerprint density at radius 3 is 2.50 bits per heavy atom. The zero-order valence-electron chi connectivity index (χ0n) is 11.3. The zero-order chi connectivity index (χ0) is 14.1. The van der Waals surface area contributed by atoms with Crippen LogP contribution >= 0.6 is 0 Å². The van der Waals surface area contributed by atoms with Gasteiger partial charge in [0, 0.05) is 6.04 Å². The molecule has 0 aromatic rings. The summed E-state index contributed by atoms with van der Waals surface area (Å²) in [5.74, 6) is -1.17. The molecule has 3 atom stereocenters. The molecular formula is C12H24N2O4. The van der Waals surface area contributed by atoms with Crippen LogP contribution in [0.2, 0.25) is 0 Å². The van der Waals surface area contributed by atoms with Crippen molar-refractivity contribution in [3.05, 3.63) is 0 Å². The third-order valence-corrected chi connectivity index (χ3v) is 2.56. The Morgan fingerprint density at radius 1 is 1.39 bits per heavy atom. The Balaban J connectivity index is 4.18. The lowest BCUT2D eigenvalue weighted by atomic mass is 10.0. The second-order valence-corrected chi connectivity index (χ2v) is 4.23. The minimum Gasteiger partial charge on any atom is -0.464 e. The van der Waals surface area contributed by atoms with E-state index in [1.165, 1.54) is 6.92 Å². The average Bonchev–Trinajstić information content (AvgIpc) is 2.34. The lowest BCUT2D eigenvalue weighted by Crippen LogP contribution is -2.50. The second-order valence-electron chi connectivity index (χ2n) is 4.23. The van der Waals surface area contributed by atoms with Crippen molar-refractivity contribution >= 4 is 11.9 Å². The minimum absolute atomic E-state index is 0.248. The summed E-state index contributed by atoms with van der Waals surface area (Å²) in [5, 5.41) is 12.1. The van der Waals surface area contributed by atoms with E-state index in [0.717, 1.165) is 12.8 Å². The van der Waals surface area contributed by atoms with Gasteiger partial charge in [-0.25, -0.2) is 4.79 Å². The molecule has 0 fully saturated rings. The van der Waals surface area contributed by atoms with Gasteiger partial charge in [-0.1, -0.05) is 19.8 Å². The van der Waals surface area contributed by atoms with Crippen molar-refractivity contribution in [3.8, 4) is 0 Å². The molecule has 1 unspecified atom stereocenters. The van der Waals surface area contributed by atoms with E-state index in [9.17, 15) is 14.7 Å². The van der Waals surface area contributed by atoms with E-state index in [1.807, 2.05) is 6.92 Å². The highest BCUT2D eigenvalue weighted by Gasteiger charge is 2.25. The number of aliphatic hydroxyl groups is 1. The molecule has 1 amide bonds. The number of hydrogen-bond acceptors (Lipinski definition) is 5. The number of nitrogens with one attached hydrogen (secondary N) is 1. The van der Waals surface area contributed by atoms with Crippen molar-refractivity contribution < 1.29 is 19.4 Å². The summed E-state index contributed by atoms with van der Waals surface area (Å²) < 4.78 is 4.74. The fraction of sp³-hybridized carbons (Fsp3) is 0.833. The van der Waals surface area contributed by atoms with E-state index in [-0.39, 0.29) is 6.61 Å². The SMILES string of the molecule is CCCC[C@@H](N)C(O)C(=O)N[C@@H](C)C(=O)OCC. The van der Waals surface area contributed by atoms with Gasteiger partial charge in [-0.3, -0.25) is 4.79 Å². The molecule has 6 heteroatoms. The molecule has 0 aromatic heterocycles. The van der Waals surface area contributed by atoms with Crippen molar-refractivity contribution in [2.24, 2.45) is 5.73 Å². The molecule has 0 aromatic carbocycles. The number of amides is 1. The quantitative estimate of drug-likeness (QED) is 0.530. The maximum absolute atomic E-state index is 11.6. The van der Waals surface area contributed by atoms with Gasteiger partial charge in [0.1, 0.15) is 12.1 Å². The van der Waals surface area contributed by atoms with Gasteiger partial charge in [0.25, 0.3) is 5.91 Å². The number of nitrogens with two attached hydrogens (primary N) is 1. The molecule has 0 radical (unpaired) electrons. The zero-order valence-corrected chi connectivity index (χ0v) is 11.3. The van der Waals surface area contributed by atoms with Crippen LogP contribution in [0.4, 0.5) is 0 Å². The molecule has 0 aliphatic rings. The lowest BCUT2D eigenvalue weighted by Gasteiger charge is -2.20. The predicted molar refractivity (Wildman–Crippen MR) is 67.7 cm³/mol. The number of rotatable bonds is 8. The van der Waals surface area contributed by atoms with Gasteiger partial charge in [-0.15, -0.1) is 0 Å². The molecule has 0 bridgehead atoms. The third kappa shape index (κ3) is 5.97. The van der Waals surface area contributed by atoms with Crippen LogP contribution in [-0.4, -0.2) is 41.8 Å². The maximum atomic E-state index is 11.6. The van der Waals surface area contributed by atoms with Gasteiger partial charge in [0.2, 0.25) is 0 Å². The van der Waals surface area contributed by atoms with Crippen LogP contribution in [-0.2, 0) is 14.3 Å². The number of esters is 1. The summed E-state index contributed by atoms with van der Waals surface area (Å²) in [6.07, 6.45) is 1.06. The van der Waals surface area contributed by atoms with E-state index in [0.29, 0.717) is 6.42 Å². The van der Waals surface area contributed by atoms with Crippen LogP contribution in [0.5, 0.6) is 0 Å². The van der Waals surface area contributed by atoms with E-state index >= 15 is 0 Å². The molecule has 0 aliphatic heterocycles. The van der Waals surface area contributed by atoms with Gasteiger partial charge in [-0.05, 0) is 20.3 Å². The first-order valence-electron chi connectivity index (χ1n) is 6.34. The molecule has 0 rings (SSSR count). The van der Waals surface area contributed by atoms with Gasteiger partial charge in [-0.2, -0.15) is 0 Å². The smallest absolute Gasteiger partial charge is 0.328 e. The Labute approximate surface area is 108 Å². The van der Waals surface area contributed by atoms with E-state index in [4.69, 9.17) is 10.5 Å². The Bertz CT molecular complexity index is 271. The molecule has 106 valence electrons. The molecule has 0 aliphatic carbocycles. The highest BCUT2D eigenvalue weighted by Crippen LogP contribution is 2.03. The molecule has 0 saturated carbocycles. The van der Waals surface area contributed by atoms with Crippen LogP contribution in [0, 0.1) is 0 Å². The second kappa shape index (κ2) is 8.88. The topological polar surface area (TPSA) is 102 Å². The van der Waals surface area contributed by atoms with Crippen molar-refractivity contribution in [1.82, 2.24) is 5.32 Å². The van der Waals surface area contributed by atoms with Crippen LogP contribution in [0.1, 0.15) is 40.0 Å². The highest BCUT2D eigenvalue weighted by atomic mass is 16.5. The van der Waals surface area contributed by atoms with Gasteiger partial charge < -0.3 is 20.9 Å². The van der Waals surface area contributed by atoms with E-state index in [2.05, 4.69) is 5.32 Å². The predicted octanol–water partition coefficient (Wildman–Crippen LogP) is -0.0674. The number of hydrogen-bond donors (Lipinski definition) is 3.